The van der Waals surface area contributed by atoms with Crippen molar-refractivity contribution >= 4 is 11.6 Å². The lowest BCUT2D eigenvalue weighted by atomic mass is 10.0. The molecule has 28 heavy (non-hydrogen) atoms. The zero-order chi connectivity index (χ0) is 19.9. The van der Waals surface area contributed by atoms with E-state index in [4.69, 9.17) is 9.78 Å². The molecule has 0 radical (unpaired) electrons. The van der Waals surface area contributed by atoms with Gasteiger partial charge in [0.25, 0.3) is 0 Å². The van der Waals surface area contributed by atoms with Gasteiger partial charge in [-0.2, -0.15) is 10.2 Å². The summed E-state index contributed by atoms with van der Waals surface area (Å²) in [4.78, 5) is 16.5. The minimum Gasteiger partial charge on any atom is -0.339 e. The Morgan fingerprint density at radius 2 is 1.86 bits per heavy atom. The Morgan fingerprint density at radius 3 is 2.50 bits per heavy atom. The minimum absolute atomic E-state index is 0.130. The topological polar surface area (TPSA) is 91.8 Å². The molecular weight excluding hydrogens is 352 g/mol. The molecule has 3 rings (SSSR count). The van der Waals surface area contributed by atoms with Crippen molar-refractivity contribution in [3.8, 4) is 17.5 Å². The predicted molar refractivity (Wildman–Crippen MR) is 107 cm³/mol. The van der Waals surface area contributed by atoms with Crippen molar-refractivity contribution in [3.63, 3.8) is 0 Å². The molecule has 0 saturated heterocycles. The molecule has 0 saturated carbocycles. The van der Waals surface area contributed by atoms with Crippen molar-refractivity contribution in [3.05, 3.63) is 65.5 Å². The Balaban J connectivity index is 1.53. The summed E-state index contributed by atoms with van der Waals surface area (Å²) in [6, 6.07) is 17.4. The van der Waals surface area contributed by atoms with Crippen molar-refractivity contribution in [2.75, 3.05) is 5.32 Å². The van der Waals surface area contributed by atoms with Crippen LogP contribution in [0.2, 0.25) is 0 Å². The van der Waals surface area contributed by atoms with Gasteiger partial charge < -0.3 is 9.84 Å². The fourth-order valence-electron chi connectivity index (χ4n) is 2.73. The van der Waals surface area contributed by atoms with Crippen LogP contribution in [0.5, 0.6) is 0 Å². The van der Waals surface area contributed by atoms with Crippen LogP contribution in [-0.2, 0) is 17.6 Å². The number of amides is 1. The molecule has 0 fully saturated rings. The summed E-state index contributed by atoms with van der Waals surface area (Å²) in [5, 5.41) is 15.5. The minimum atomic E-state index is -0.130. The second-order valence-electron chi connectivity index (χ2n) is 6.87. The van der Waals surface area contributed by atoms with E-state index in [1.807, 2.05) is 24.3 Å². The van der Waals surface area contributed by atoms with E-state index in [0.717, 1.165) is 11.1 Å². The van der Waals surface area contributed by atoms with E-state index in [0.29, 0.717) is 36.2 Å². The lowest BCUT2D eigenvalue weighted by Gasteiger charge is -2.05. The van der Waals surface area contributed by atoms with Gasteiger partial charge in [0.2, 0.25) is 17.6 Å². The van der Waals surface area contributed by atoms with Gasteiger partial charge in [-0.3, -0.25) is 4.79 Å². The van der Waals surface area contributed by atoms with Crippen molar-refractivity contribution in [2.24, 2.45) is 0 Å². The number of carbonyl (C=O) groups excluding carboxylic acids is 1. The first-order valence-electron chi connectivity index (χ1n) is 9.24. The maximum Gasteiger partial charge on any atom is 0.227 e. The summed E-state index contributed by atoms with van der Waals surface area (Å²) in [6.07, 6.45) is 0.969. The molecule has 6 nitrogen and oxygen atoms in total. The fourth-order valence-corrected chi connectivity index (χ4v) is 2.73. The molecule has 0 aliphatic carbocycles. The van der Waals surface area contributed by atoms with Gasteiger partial charge in [0.05, 0.1) is 12.5 Å². The third kappa shape index (κ3) is 5.04. The van der Waals surface area contributed by atoms with E-state index in [2.05, 4.69) is 47.5 Å². The first-order valence-corrected chi connectivity index (χ1v) is 9.24. The molecule has 1 aromatic heterocycles. The zero-order valence-electron chi connectivity index (χ0n) is 16.0. The number of nitriles is 1. The van der Waals surface area contributed by atoms with E-state index in [1.165, 1.54) is 5.56 Å². The Hall–Kier alpha value is -3.46. The summed E-state index contributed by atoms with van der Waals surface area (Å²) < 4.78 is 5.27. The maximum atomic E-state index is 12.1. The number of aromatic nitrogens is 2. The van der Waals surface area contributed by atoms with E-state index in [-0.39, 0.29) is 12.3 Å². The van der Waals surface area contributed by atoms with Gasteiger partial charge in [-0.25, -0.2) is 0 Å². The molecular formula is C22H22N4O2. The summed E-state index contributed by atoms with van der Waals surface area (Å²) in [5.74, 6) is 1.30. The van der Waals surface area contributed by atoms with Crippen molar-refractivity contribution in [2.45, 2.75) is 39.0 Å². The number of aryl methyl sites for hydroxylation is 1. The normalized spacial score (nSPS) is 10.6. The number of benzene rings is 2. The quantitative estimate of drug-likeness (QED) is 0.657. The Labute approximate surface area is 164 Å². The monoisotopic (exact) mass is 374 g/mol. The van der Waals surface area contributed by atoms with E-state index < -0.39 is 0 Å². The predicted octanol–water partition coefficient (Wildman–Crippen LogP) is 4.50. The standard InChI is InChI=1S/C22H22N4O2/c1-15(2)17-5-7-18(8-6-17)22-25-21(28-26-22)12-11-20(27)24-19-9-3-16(4-10-19)13-14-23/h3-10,15H,11-13H2,1-2H3,(H,24,27). The Kier molecular flexibility index (Phi) is 6.18. The number of nitrogens with zero attached hydrogens (tertiary/aromatic N) is 3. The van der Waals surface area contributed by atoms with Crippen LogP contribution in [0, 0.1) is 11.3 Å². The van der Waals surface area contributed by atoms with Gasteiger partial charge in [0.15, 0.2) is 0 Å². The number of hydrogen-bond donors (Lipinski definition) is 1. The molecule has 1 N–H and O–H groups in total. The third-order valence-corrected chi connectivity index (χ3v) is 4.39. The lowest BCUT2D eigenvalue weighted by Crippen LogP contribution is -2.12. The van der Waals surface area contributed by atoms with Crippen LogP contribution in [0.4, 0.5) is 5.69 Å². The molecule has 3 aromatic rings. The molecule has 2 aromatic carbocycles. The average molecular weight is 374 g/mol. The summed E-state index contributed by atoms with van der Waals surface area (Å²) >= 11 is 0. The van der Waals surface area contributed by atoms with Gasteiger partial charge >= 0.3 is 0 Å². The summed E-state index contributed by atoms with van der Waals surface area (Å²) in [5.41, 5.74) is 3.76. The molecule has 1 heterocycles. The molecule has 0 aliphatic heterocycles. The molecule has 1 amide bonds. The maximum absolute atomic E-state index is 12.1. The van der Waals surface area contributed by atoms with E-state index in [1.54, 1.807) is 12.1 Å². The first kappa shape index (κ1) is 19.3. The van der Waals surface area contributed by atoms with Gasteiger partial charge in [0.1, 0.15) is 0 Å². The van der Waals surface area contributed by atoms with Crippen molar-refractivity contribution in [1.82, 2.24) is 10.1 Å². The van der Waals surface area contributed by atoms with Crippen molar-refractivity contribution < 1.29 is 9.32 Å². The SMILES string of the molecule is CC(C)c1ccc(-c2noc(CCC(=O)Nc3ccc(CC#N)cc3)n2)cc1. The van der Waals surface area contributed by atoms with Gasteiger partial charge in [-0.15, -0.1) is 0 Å². The van der Waals surface area contributed by atoms with Crippen LogP contribution < -0.4 is 5.32 Å². The highest BCUT2D eigenvalue weighted by molar-refractivity contribution is 5.90. The highest BCUT2D eigenvalue weighted by Gasteiger charge is 2.11. The number of rotatable bonds is 7. The fraction of sp³-hybridized carbons (Fsp3) is 0.273. The molecule has 0 spiro atoms. The Bertz CT molecular complexity index is 967. The van der Waals surface area contributed by atoms with Crippen LogP contribution in [-0.4, -0.2) is 16.0 Å². The number of carbonyl (C=O) groups is 1. The van der Waals surface area contributed by atoms with Crippen LogP contribution in [0.25, 0.3) is 11.4 Å². The first-order chi connectivity index (χ1) is 13.5. The number of anilines is 1. The molecule has 6 heteroatoms. The lowest BCUT2D eigenvalue weighted by molar-refractivity contribution is -0.116. The average Bonchev–Trinajstić information content (AvgIpc) is 3.17. The van der Waals surface area contributed by atoms with Gasteiger partial charge in [-0.05, 0) is 29.2 Å². The highest BCUT2D eigenvalue weighted by Crippen LogP contribution is 2.21. The number of hydrogen-bond acceptors (Lipinski definition) is 5. The van der Waals surface area contributed by atoms with Crippen LogP contribution in [0.3, 0.4) is 0 Å². The second kappa shape index (κ2) is 8.96. The van der Waals surface area contributed by atoms with Crippen LogP contribution >= 0.6 is 0 Å². The molecule has 0 unspecified atom stereocenters. The van der Waals surface area contributed by atoms with Gasteiger partial charge in [0, 0.05) is 24.1 Å². The largest absolute Gasteiger partial charge is 0.339 e. The highest BCUT2D eigenvalue weighted by atomic mass is 16.5. The molecule has 142 valence electrons. The third-order valence-electron chi connectivity index (χ3n) is 4.39. The van der Waals surface area contributed by atoms with Crippen molar-refractivity contribution in [1.29, 1.82) is 5.26 Å². The summed E-state index contributed by atoms with van der Waals surface area (Å²) in [7, 11) is 0. The van der Waals surface area contributed by atoms with E-state index >= 15 is 0 Å². The summed E-state index contributed by atoms with van der Waals surface area (Å²) in [6.45, 7) is 4.29. The smallest absolute Gasteiger partial charge is 0.227 e. The Morgan fingerprint density at radius 1 is 1.14 bits per heavy atom. The number of nitrogens with one attached hydrogen (secondary N) is 1. The van der Waals surface area contributed by atoms with Gasteiger partial charge in [-0.1, -0.05) is 55.4 Å². The van der Waals surface area contributed by atoms with E-state index in [9.17, 15) is 4.79 Å². The molecule has 0 bridgehead atoms. The van der Waals surface area contributed by atoms with Crippen LogP contribution in [0.15, 0.2) is 53.1 Å². The molecule has 0 atom stereocenters. The van der Waals surface area contributed by atoms with Crippen LogP contribution in [0.1, 0.15) is 43.2 Å². The molecule has 0 aliphatic rings. The second-order valence-corrected chi connectivity index (χ2v) is 6.87. The zero-order valence-corrected chi connectivity index (χ0v) is 16.0.